The van der Waals surface area contributed by atoms with Crippen molar-refractivity contribution in [2.75, 3.05) is 18.9 Å². The van der Waals surface area contributed by atoms with Gasteiger partial charge in [-0.05, 0) is 34.5 Å². The second-order valence-electron chi connectivity index (χ2n) is 4.40. The molecule has 0 saturated heterocycles. The summed E-state index contributed by atoms with van der Waals surface area (Å²) in [5.74, 6) is 0.504. The van der Waals surface area contributed by atoms with Gasteiger partial charge in [-0.3, -0.25) is 10.1 Å². The molecule has 0 aliphatic carbocycles. The standard InChI is InChI=1S/C15H17N3O2S2/c1-16-15(20)18-14(19)8-17-12-4-2-3-5-13(12)22-10-11-6-7-21-9-11/h2-7,9,17H,8,10H2,1H3,(H2,16,18,19,20). The van der Waals surface area contributed by atoms with Gasteiger partial charge in [-0.2, -0.15) is 11.3 Å². The molecule has 0 unspecified atom stereocenters. The molecule has 3 amide bonds. The van der Waals surface area contributed by atoms with Crippen molar-refractivity contribution in [3.8, 4) is 0 Å². The van der Waals surface area contributed by atoms with Crippen LogP contribution in [-0.2, 0) is 10.5 Å². The van der Waals surface area contributed by atoms with Crippen LogP contribution in [0, 0.1) is 0 Å². The fourth-order valence-corrected chi connectivity index (χ4v) is 3.43. The summed E-state index contributed by atoms with van der Waals surface area (Å²) < 4.78 is 0. The molecule has 2 rings (SSSR count). The smallest absolute Gasteiger partial charge is 0.321 e. The van der Waals surface area contributed by atoms with Crippen LogP contribution in [-0.4, -0.2) is 25.5 Å². The number of amides is 3. The number of para-hydroxylation sites is 1. The fourth-order valence-electron chi connectivity index (χ4n) is 1.68. The lowest BCUT2D eigenvalue weighted by Crippen LogP contribution is -2.40. The number of nitrogens with one attached hydrogen (secondary N) is 3. The average Bonchev–Trinajstić information content (AvgIpc) is 3.05. The highest BCUT2D eigenvalue weighted by Crippen LogP contribution is 2.30. The van der Waals surface area contributed by atoms with Crippen LogP contribution in [0.4, 0.5) is 10.5 Å². The van der Waals surface area contributed by atoms with Crippen LogP contribution in [0.3, 0.4) is 0 Å². The number of carbonyl (C=O) groups is 2. The maximum Gasteiger partial charge on any atom is 0.321 e. The van der Waals surface area contributed by atoms with Crippen LogP contribution >= 0.6 is 23.1 Å². The van der Waals surface area contributed by atoms with Crippen molar-refractivity contribution in [3.63, 3.8) is 0 Å². The van der Waals surface area contributed by atoms with Crippen molar-refractivity contribution in [3.05, 3.63) is 46.7 Å². The van der Waals surface area contributed by atoms with E-state index in [0.717, 1.165) is 16.3 Å². The van der Waals surface area contributed by atoms with Gasteiger partial charge in [0.05, 0.1) is 6.54 Å². The number of imide groups is 1. The van der Waals surface area contributed by atoms with Gasteiger partial charge in [-0.25, -0.2) is 4.79 Å². The summed E-state index contributed by atoms with van der Waals surface area (Å²) in [5, 5.41) is 11.8. The molecule has 1 aromatic heterocycles. The van der Waals surface area contributed by atoms with Crippen molar-refractivity contribution >= 4 is 40.7 Å². The first-order chi connectivity index (χ1) is 10.7. The van der Waals surface area contributed by atoms with Gasteiger partial charge in [0, 0.05) is 23.4 Å². The van der Waals surface area contributed by atoms with Gasteiger partial charge in [-0.1, -0.05) is 12.1 Å². The van der Waals surface area contributed by atoms with Gasteiger partial charge in [0.2, 0.25) is 5.91 Å². The molecule has 7 heteroatoms. The number of benzene rings is 1. The molecule has 0 spiro atoms. The SMILES string of the molecule is CNC(=O)NC(=O)CNc1ccccc1SCc1ccsc1. The van der Waals surface area contributed by atoms with Crippen LogP contribution in [0.2, 0.25) is 0 Å². The average molecular weight is 335 g/mol. The topological polar surface area (TPSA) is 70.2 Å². The molecule has 0 atom stereocenters. The second-order valence-corrected chi connectivity index (χ2v) is 6.19. The highest BCUT2D eigenvalue weighted by molar-refractivity contribution is 7.98. The van der Waals surface area contributed by atoms with E-state index < -0.39 is 6.03 Å². The van der Waals surface area contributed by atoms with Gasteiger partial charge < -0.3 is 10.6 Å². The first kappa shape index (κ1) is 16.4. The molecule has 0 radical (unpaired) electrons. The molecule has 0 saturated carbocycles. The van der Waals surface area contributed by atoms with Gasteiger partial charge >= 0.3 is 6.03 Å². The van der Waals surface area contributed by atoms with E-state index in [-0.39, 0.29) is 12.5 Å². The van der Waals surface area contributed by atoms with E-state index in [9.17, 15) is 9.59 Å². The number of hydrogen-bond acceptors (Lipinski definition) is 5. The van der Waals surface area contributed by atoms with Crippen LogP contribution in [0.25, 0.3) is 0 Å². The van der Waals surface area contributed by atoms with E-state index >= 15 is 0 Å². The van der Waals surface area contributed by atoms with E-state index in [1.807, 2.05) is 24.3 Å². The lowest BCUT2D eigenvalue weighted by atomic mass is 10.3. The number of thioether (sulfide) groups is 1. The molecule has 0 aliphatic rings. The summed E-state index contributed by atoms with van der Waals surface area (Å²) in [7, 11) is 1.46. The predicted molar refractivity (Wildman–Crippen MR) is 91.4 cm³/mol. The first-order valence-electron chi connectivity index (χ1n) is 6.67. The van der Waals surface area contributed by atoms with Gasteiger partial charge in [0.15, 0.2) is 0 Å². The van der Waals surface area contributed by atoms with Gasteiger partial charge in [0.25, 0.3) is 0 Å². The van der Waals surface area contributed by atoms with Crippen molar-refractivity contribution in [1.82, 2.24) is 10.6 Å². The Morgan fingerprint density at radius 3 is 2.77 bits per heavy atom. The minimum absolute atomic E-state index is 0.0451. The van der Waals surface area contributed by atoms with Gasteiger partial charge in [-0.15, -0.1) is 11.8 Å². The molecule has 3 N–H and O–H groups in total. The first-order valence-corrected chi connectivity index (χ1v) is 8.60. The number of urea groups is 1. The van der Waals surface area contributed by atoms with Gasteiger partial charge in [0.1, 0.15) is 0 Å². The highest BCUT2D eigenvalue weighted by atomic mass is 32.2. The van der Waals surface area contributed by atoms with Crippen molar-refractivity contribution < 1.29 is 9.59 Å². The van der Waals surface area contributed by atoms with E-state index in [0.29, 0.717) is 0 Å². The number of rotatable bonds is 6. The van der Waals surface area contributed by atoms with Crippen LogP contribution < -0.4 is 16.0 Å². The zero-order chi connectivity index (χ0) is 15.8. The predicted octanol–water partition coefficient (Wildman–Crippen LogP) is 2.91. The fraction of sp³-hybridized carbons (Fsp3) is 0.200. The number of anilines is 1. The third-order valence-electron chi connectivity index (χ3n) is 2.78. The minimum Gasteiger partial charge on any atom is -0.375 e. The molecule has 2 aromatic rings. The van der Waals surface area contributed by atoms with Crippen LogP contribution in [0.1, 0.15) is 5.56 Å². The minimum atomic E-state index is -0.507. The molecule has 1 aromatic carbocycles. The van der Waals surface area contributed by atoms with E-state index in [2.05, 4.69) is 32.8 Å². The Balaban J connectivity index is 1.90. The Kier molecular flexibility index (Phi) is 6.29. The zero-order valence-corrected chi connectivity index (χ0v) is 13.7. The normalized spacial score (nSPS) is 10.0. The summed E-state index contributed by atoms with van der Waals surface area (Å²) in [6, 6.07) is 9.40. The monoisotopic (exact) mass is 335 g/mol. The lowest BCUT2D eigenvalue weighted by Gasteiger charge is -2.11. The quantitative estimate of drug-likeness (QED) is 0.710. The maximum absolute atomic E-state index is 11.6. The Labute approximate surface area is 137 Å². The van der Waals surface area contributed by atoms with Crippen molar-refractivity contribution in [2.24, 2.45) is 0 Å². The Morgan fingerprint density at radius 1 is 1.23 bits per heavy atom. The van der Waals surface area contributed by atoms with Crippen LogP contribution in [0.5, 0.6) is 0 Å². The molecule has 0 fully saturated rings. The van der Waals surface area contributed by atoms with E-state index in [1.165, 1.54) is 12.6 Å². The van der Waals surface area contributed by atoms with Crippen molar-refractivity contribution in [2.45, 2.75) is 10.6 Å². The lowest BCUT2D eigenvalue weighted by molar-refractivity contribution is -0.118. The molecule has 1 heterocycles. The Morgan fingerprint density at radius 2 is 2.05 bits per heavy atom. The zero-order valence-electron chi connectivity index (χ0n) is 12.1. The third kappa shape index (κ3) is 5.09. The summed E-state index contributed by atoms with van der Waals surface area (Å²) >= 11 is 3.39. The maximum atomic E-state index is 11.6. The third-order valence-corrected chi connectivity index (χ3v) is 4.66. The Bertz CT molecular complexity index is 629. The molecule has 5 nitrogen and oxygen atoms in total. The molecule has 0 aliphatic heterocycles. The molecule has 22 heavy (non-hydrogen) atoms. The number of thiophene rings is 1. The summed E-state index contributed by atoms with van der Waals surface area (Å²) in [6.07, 6.45) is 0. The summed E-state index contributed by atoms with van der Waals surface area (Å²) in [5.41, 5.74) is 2.16. The largest absolute Gasteiger partial charge is 0.375 e. The summed E-state index contributed by atoms with van der Waals surface area (Å²) in [6.45, 7) is 0.0451. The second kappa shape index (κ2) is 8.45. The van der Waals surface area contributed by atoms with E-state index in [1.54, 1.807) is 23.1 Å². The number of carbonyl (C=O) groups excluding carboxylic acids is 2. The van der Waals surface area contributed by atoms with E-state index in [4.69, 9.17) is 0 Å². The van der Waals surface area contributed by atoms with Crippen LogP contribution in [0.15, 0.2) is 46.0 Å². The highest BCUT2D eigenvalue weighted by Gasteiger charge is 2.08. The summed E-state index contributed by atoms with van der Waals surface area (Å²) in [4.78, 5) is 23.7. The molecule has 116 valence electrons. The molecular weight excluding hydrogens is 318 g/mol. The number of hydrogen-bond donors (Lipinski definition) is 3. The van der Waals surface area contributed by atoms with Crippen molar-refractivity contribution in [1.29, 1.82) is 0 Å². The molecular formula is C15H17N3O2S2. The molecule has 0 bridgehead atoms. The Hall–Kier alpha value is -1.99.